The molecule has 0 aliphatic rings. The van der Waals surface area contributed by atoms with Gasteiger partial charge in [-0.1, -0.05) is 41.6 Å². The van der Waals surface area contributed by atoms with E-state index < -0.39 is 5.25 Å². The highest BCUT2D eigenvalue weighted by Crippen LogP contribution is 2.28. The number of hydrogen-bond donors (Lipinski definition) is 1. The molecule has 0 spiro atoms. The van der Waals surface area contributed by atoms with E-state index in [1.165, 1.54) is 18.7 Å². The largest absolute Gasteiger partial charge is 0.325 e. The number of carbonyl (C=O) groups is 2. The number of allylic oxidation sites excluding steroid dienone is 1. The summed E-state index contributed by atoms with van der Waals surface area (Å²) in [5, 5.41) is 11.8. The van der Waals surface area contributed by atoms with E-state index in [2.05, 4.69) is 28.2 Å². The molecule has 0 fully saturated rings. The fourth-order valence-corrected chi connectivity index (χ4v) is 3.77. The van der Waals surface area contributed by atoms with Crippen molar-refractivity contribution in [2.45, 2.75) is 37.7 Å². The first-order chi connectivity index (χ1) is 14.4. The molecule has 3 rings (SSSR count). The third-order valence-electron chi connectivity index (χ3n) is 4.52. The molecule has 0 aliphatic heterocycles. The van der Waals surface area contributed by atoms with E-state index in [1.807, 2.05) is 36.6 Å². The van der Waals surface area contributed by atoms with Crippen LogP contribution in [0.2, 0.25) is 0 Å². The van der Waals surface area contributed by atoms with Crippen LogP contribution < -0.4 is 5.32 Å². The van der Waals surface area contributed by atoms with Crippen molar-refractivity contribution >= 4 is 29.1 Å². The predicted octanol–water partition coefficient (Wildman–Crippen LogP) is 4.76. The lowest BCUT2D eigenvalue weighted by molar-refractivity contribution is -0.115. The second-order valence-corrected chi connectivity index (χ2v) is 8.27. The molecule has 1 unspecified atom stereocenters. The molecular formula is C23H24N4O2S. The summed E-state index contributed by atoms with van der Waals surface area (Å²) in [5.41, 5.74) is 3.36. The SMILES string of the molecule is C=CCn1c(SC(C)C(=O)Nc2ccc(C(C)=O)cc2)nnc1-c1cccc(C)c1. The second kappa shape index (κ2) is 9.54. The smallest absolute Gasteiger partial charge is 0.237 e. The molecule has 7 heteroatoms. The van der Waals surface area contributed by atoms with Crippen molar-refractivity contribution in [2.24, 2.45) is 0 Å². The maximum absolute atomic E-state index is 12.6. The Morgan fingerprint density at radius 1 is 1.20 bits per heavy atom. The van der Waals surface area contributed by atoms with Crippen LogP contribution in [0, 0.1) is 6.92 Å². The first-order valence-corrected chi connectivity index (χ1v) is 10.5. The van der Waals surface area contributed by atoms with Crippen LogP contribution >= 0.6 is 11.8 Å². The zero-order valence-corrected chi connectivity index (χ0v) is 18.1. The number of benzene rings is 2. The molecule has 0 saturated heterocycles. The molecule has 154 valence electrons. The molecule has 1 atom stereocenters. The molecule has 3 aromatic rings. The number of anilines is 1. The third kappa shape index (κ3) is 5.04. The highest BCUT2D eigenvalue weighted by molar-refractivity contribution is 8.00. The topological polar surface area (TPSA) is 76.9 Å². The molecule has 30 heavy (non-hydrogen) atoms. The molecule has 0 saturated carbocycles. The second-order valence-electron chi connectivity index (χ2n) is 6.96. The number of aryl methyl sites for hydroxylation is 1. The Bertz CT molecular complexity index is 1070. The summed E-state index contributed by atoms with van der Waals surface area (Å²) in [4.78, 5) is 24.0. The van der Waals surface area contributed by atoms with E-state index in [-0.39, 0.29) is 11.7 Å². The first-order valence-electron chi connectivity index (χ1n) is 9.58. The standard InChI is InChI=1S/C23H24N4O2S/c1-5-13-27-21(19-8-6-7-15(2)14-19)25-26-23(27)30-17(4)22(29)24-20-11-9-18(10-12-20)16(3)28/h5-12,14,17H,1,13H2,2-4H3,(H,24,29). The lowest BCUT2D eigenvalue weighted by Gasteiger charge is -2.13. The molecule has 0 radical (unpaired) electrons. The van der Waals surface area contributed by atoms with Crippen LogP contribution in [-0.2, 0) is 11.3 Å². The summed E-state index contributed by atoms with van der Waals surface area (Å²) < 4.78 is 1.96. The van der Waals surface area contributed by atoms with Gasteiger partial charge in [0.05, 0.1) is 5.25 Å². The van der Waals surface area contributed by atoms with Crippen LogP contribution in [0.1, 0.15) is 29.8 Å². The molecule has 1 N–H and O–H groups in total. The summed E-state index contributed by atoms with van der Waals surface area (Å²) in [6.45, 7) is 9.73. The van der Waals surface area contributed by atoms with Gasteiger partial charge in [-0.15, -0.1) is 16.8 Å². The van der Waals surface area contributed by atoms with Gasteiger partial charge >= 0.3 is 0 Å². The molecule has 0 aliphatic carbocycles. The minimum Gasteiger partial charge on any atom is -0.325 e. The van der Waals surface area contributed by atoms with Gasteiger partial charge in [0.1, 0.15) is 0 Å². The Labute approximate surface area is 180 Å². The van der Waals surface area contributed by atoms with E-state index in [1.54, 1.807) is 30.3 Å². The number of hydrogen-bond acceptors (Lipinski definition) is 5. The van der Waals surface area contributed by atoms with Gasteiger partial charge in [-0.2, -0.15) is 0 Å². The highest BCUT2D eigenvalue weighted by atomic mass is 32.2. The molecule has 6 nitrogen and oxygen atoms in total. The Hall–Kier alpha value is -3.19. The number of carbonyl (C=O) groups excluding carboxylic acids is 2. The number of ketones is 1. The molecule has 1 aromatic heterocycles. The lowest BCUT2D eigenvalue weighted by Crippen LogP contribution is -2.23. The highest BCUT2D eigenvalue weighted by Gasteiger charge is 2.20. The van der Waals surface area contributed by atoms with Crippen LogP contribution in [-0.4, -0.2) is 31.7 Å². The molecule has 0 bridgehead atoms. The number of aromatic nitrogens is 3. The lowest BCUT2D eigenvalue weighted by atomic mass is 10.1. The Kier molecular flexibility index (Phi) is 6.84. The van der Waals surface area contributed by atoms with Crippen LogP contribution in [0.4, 0.5) is 5.69 Å². The van der Waals surface area contributed by atoms with Gasteiger partial charge in [0.25, 0.3) is 0 Å². The maximum atomic E-state index is 12.6. The number of thioether (sulfide) groups is 1. The molecular weight excluding hydrogens is 396 g/mol. The van der Waals surface area contributed by atoms with Gasteiger partial charge in [-0.3, -0.25) is 14.2 Å². The fourth-order valence-electron chi connectivity index (χ4n) is 2.91. The predicted molar refractivity (Wildman–Crippen MR) is 121 cm³/mol. The minimum atomic E-state index is -0.393. The number of amides is 1. The van der Waals surface area contributed by atoms with Crippen LogP contribution in [0.25, 0.3) is 11.4 Å². The van der Waals surface area contributed by atoms with Crippen molar-refractivity contribution in [1.82, 2.24) is 14.8 Å². The zero-order chi connectivity index (χ0) is 21.7. The normalized spacial score (nSPS) is 11.7. The zero-order valence-electron chi connectivity index (χ0n) is 17.3. The van der Waals surface area contributed by atoms with Gasteiger partial charge in [-0.25, -0.2) is 0 Å². The molecule has 1 amide bonds. The summed E-state index contributed by atoms with van der Waals surface area (Å²) in [6.07, 6.45) is 1.79. The van der Waals surface area contributed by atoms with E-state index in [0.717, 1.165) is 17.0 Å². The third-order valence-corrected chi connectivity index (χ3v) is 5.60. The van der Waals surface area contributed by atoms with Gasteiger partial charge < -0.3 is 5.32 Å². The van der Waals surface area contributed by atoms with E-state index in [0.29, 0.717) is 23.0 Å². The van der Waals surface area contributed by atoms with Gasteiger partial charge in [0, 0.05) is 23.4 Å². The fraction of sp³-hybridized carbons (Fsp3) is 0.217. The maximum Gasteiger partial charge on any atom is 0.237 e. The van der Waals surface area contributed by atoms with Gasteiger partial charge in [0.15, 0.2) is 16.8 Å². The van der Waals surface area contributed by atoms with Crippen molar-refractivity contribution in [2.75, 3.05) is 5.32 Å². The van der Waals surface area contributed by atoms with E-state index in [4.69, 9.17) is 0 Å². The molecule has 2 aromatic carbocycles. The summed E-state index contributed by atoms with van der Waals surface area (Å²) in [7, 11) is 0. The average molecular weight is 421 g/mol. The summed E-state index contributed by atoms with van der Waals surface area (Å²) >= 11 is 1.34. The number of rotatable bonds is 8. The van der Waals surface area contributed by atoms with E-state index in [9.17, 15) is 9.59 Å². The van der Waals surface area contributed by atoms with Crippen molar-refractivity contribution < 1.29 is 9.59 Å². The summed E-state index contributed by atoms with van der Waals surface area (Å²) in [5.74, 6) is 0.581. The number of nitrogens with zero attached hydrogens (tertiary/aromatic N) is 3. The van der Waals surface area contributed by atoms with Crippen LogP contribution in [0.15, 0.2) is 66.3 Å². The number of nitrogens with one attached hydrogen (secondary N) is 1. The average Bonchev–Trinajstić information content (AvgIpc) is 3.11. The van der Waals surface area contributed by atoms with Crippen molar-refractivity contribution in [3.63, 3.8) is 0 Å². The van der Waals surface area contributed by atoms with Crippen molar-refractivity contribution in [1.29, 1.82) is 0 Å². The monoisotopic (exact) mass is 420 g/mol. The Balaban J connectivity index is 1.75. The van der Waals surface area contributed by atoms with Crippen molar-refractivity contribution in [3.8, 4) is 11.4 Å². The van der Waals surface area contributed by atoms with Gasteiger partial charge in [-0.05, 0) is 51.1 Å². The first kappa shape index (κ1) is 21.5. The van der Waals surface area contributed by atoms with Crippen LogP contribution in [0.3, 0.4) is 0 Å². The van der Waals surface area contributed by atoms with E-state index >= 15 is 0 Å². The van der Waals surface area contributed by atoms with Crippen molar-refractivity contribution in [3.05, 3.63) is 72.3 Å². The quantitative estimate of drug-likeness (QED) is 0.323. The Morgan fingerprint density at radius 3 is 2.57 bits per heavy atom. The Morgan fingerprint density at radius 2 is 1.93 bits per heavy atom. The summed E-state index contributed by atoms with van der Waals surface area (Å²) in [6, 6.07) is 14.9. The van der Waals surface area contributed by atoms with Gasteiger partial charge in [0.2, 0.25) is 5.91 Å². The molecule has 1 heterocycles. The number of Topliss-reactive ketones (excluding diaryl/α,β-unsaturated/α-hetero) is 1. The van der Waals surface area contributed by atoms with Crippen LogP contribution in [0.5, 0.6) is 0 Å². The minimum absolute atomic E-state index is 0.0113.